The summed E-state index contributed by atoms with van der Waals surface area (Å²) in [5.74, 6) is 0.356. The number of alkyl halides is 3. The van der Waals surface area contributed by atoms with E-state index in [2.05, 4.69) is 36.5 Å². The van der Waals surface area contributed by atoms with Gasteiger partial charge in [0.15, 0.2) is 0 Å². The molecule has 0 spiro atoms. The average Bonchev–Trinajstić information content (AvgIpc) is 2.15. The van der Waals surface area contributed by atoms with Gasteiger partial charge in [0.1, 0.15) is 12.4 Å². The van der Waals surface area contributed by atoms with Crippen LogP contribution in [0.1, 0.15) is 0 Å². The predicted molar refractivity (Wildman–Crippen MR) is 53.8 cm³/mol. The molecule has 8 heteroatoms. The summed E-state index contributed by atoms with van der Waals surface area (Å²) in [7, 11) is 1.58. The molecule has 1 aromatic rings. The molecule has 0 saturated heterocycles. The van der Waals surface area contributed by atoms with Gasteiger partial charge in [-0.3, -0.25) is 0 Å². The SMILES string of the molecule is CNc1ncc(Br)c(NCC(F)(F)F)n1. The molecule has 1 rings (SSSR count). The van der Waals surface area contributed by atoms with E-state index in [9.17, 15) is 13.2 Å². The fourth-order valence-corrected chi connectivity index (χ4v) is 1.13. The van der Waals surface area contributed by atoms with E-state index in [1.54, 1.807) is 7.05 Å². The molecular formula is C7H8BrF3N4. The second-order valence-corrected chi connectivity index (χ2v) is 3.46. The quantitative estimate of drug-likeness (QED) is 0.894. The number of hydrogen-bond acceptors (Lipinski definition) is 4. The van der Waals surface area contributed by atoms with Crippen molar-refractivity contribution in [3.8, 4) is 0 Å². The number of halogens is 4. The molecule has 4 nitrogen and oxygen atoms in total. The molecular weight excluding hydrogens is 277 g/mol. The molecule has 1 heterocycles. The standard InChI is InChI=1S/C7H8BrF3N4/c1-12-6-13-2-4(8)5(15-6)14-3-7(9,10)11/h2H,3H2,1H3,(H2,12,13,14,15). The van der Waals surface area contributed by atoms with Gasteiger partial charge in [-0.2, -0.15) is 18.2 Å². The summed E-state index contributed by atoms with van der Waals surface area (Å²) in [4.78, 5) is 7.63. The molecule has 15 heavy (non-hydrogen) atoms. The van der Waals surface area contributed by atoms with Crippen molar-refractivity contribution in [2.45, 2.75) is 6.18 Å². The summed E-state index contributed by atoms with van der Waals surface area (Å²) < 4.78 is 36.1. The van der Waals surface area contributed by atoms with Crippen LogP contribution in [0.4, 0.5) is 24.9 Å². The Morgan fingerprint density at radius 2 is 2.13 bits per heavy atom. The van der Waals surface area contributed by atoms with Crippen LogP contribution < -0.4 is 10.6 Å². The number of nitrogens with zero attached hydrogens (tertiary/aromatic N) is 2. The van der Waals surface area contributed by atoms with Crippen LogP contribution in [-0.4, -0.2) is 29.7 Å². The lowest BCUT2D eigenvalue weighted by Gasteiger charge is -2.10. The summed E-state index contributed by atoms with van der Waals surface area (Å²) >= 11 is 3.04. The van der Waals surface area contributed by atoms with Gasteiger partial charge < -0.3 is 10.6 Å². The highest BCUT2D eigenvalue weighted by molar-refractivity contribution is 9.10. The molecule has 0 aliphatic rings. The van der Waals surface area contributed by atoms with Gasteiger partial charge in [0.05, 0.1) is 4.47 Å². The smallest absolute Gasteiger partial charge is 0.360 e. The fraction of sp³-hybridized carbons (Fsp3) is 0.429. The number of anilines is 2. The van der Waals surface area contributed by atoms with Crippen LogP contribution in [-0.2, 0) is 0 Å². The monoisotopic (exact) mass is 284 g/mol. The molecule has 84 valence electrons. The minimum atomic E-state index is -4.27. The number of rotatable bonds is 3. The Bertz CT molecular complexity index is 341. The number of hydrogen-bond donors (Lipinski definition) is 2. The molecule has 0 radical (unpaired) electrons. The Kier molecular flexibility index (Phi) is 3.72. The zero-order valence-corrected chi connectivity index (χ0v) is 9.28. The molecule has 0 aliphatic heterocycles. The van der Waals surface area contributed by atoms with Crippen LogP contribution in [0.5, 0.6) is 0 Å². The van der Waals surface area contributed by atoms with Crippen LogP contribution in [0.15, 0.2) is 10.7 Å². The third kappa shape index (κ3) is 3.90. The van der Waals surface area contributed by atoms with Crippen molar-refractivity contribution in [3.63, 3.8) is 0 Å². The van der Waals surface area contributed by atoms with Crippen molar-refractivity contribution in [1.82, 2.24) is 9.97 Å². The largest absolute Gasteiger partial charge is 0.405 e. The van der Waals surface area contributed by atoms with Crippen molar-refractivity contribution in [2.24, 2.45) is 0 Å². The van der Waals surface area contributed by atoms with Crippen molar-refractivity contribution >= 4 is 27.7 Å². The molecule has 0 amide bonds. The van der Waals surface area contributed by atoms with Crippen molar-refractivity contribution in [3.05, 3.63) is 10.7 Å². The summed E-state index contributed by atoms with van der Waals surface area (Å²) in [6.07, 6.45) is -2.90. The third-order valence-electron chi connectivity index (χ3n) is 1.42. The lowest BCUT2D eigenvalue weighted by molar-refractivity contribution is -0.115. The summed E-state index contributed by atoms with van der Waals surface area (Å²) in [6, 6.07) is 0. The van der Waals surface area contributed by atoms with Crippen molar-refractivity contribution < 1.29 is 13.2 Å². The summed E-state index contributed by atoms with van der Waals surface area (Å²) in [5, 5.41) is 4.79. The first-order valence-electron chi connectivity index (χ1n) is 3.93. The fourth-order valence-electron chi connectivity index (χ4n) is 0.795. The van der Waals surface area contributed by atoms with E-state index in [1.807, 2.05) is 0 Å². The van der Waals surface area contributed by atoms with E-state index in [4.69, 9.17) is 0 Å². The van der Waals surface area contributed by atoms with E-state index in [-0.39, 0.29) is 11.8 Å². The Morgan fingerprint density at radius 1 is 1.47 bits per heavy atom. The molecule has 1 aromatic heterocycles. The Labute approximate surface area is 92.4 Å². The lowest BCUT2D eigenvalue weighted by atomic mass is 10.5. The average molecular weight is 285 g/mol. The second-order valence-electron chi connectivity index (χ2n) is 2.61. The van der Waals surface area contributed by atoms with Gasteiger partial charge in [-0.15, -0.1) is 0 Å². The van der Waals surface area contributed by atoms with Gasteiger partial charge in [-0.05, 0) is 15.9 Å². The molecule has 0 aliphatic carbocycles. The van der Waals surface area contributed by atoms with Crippen LogP contribution in [0.25, 0.3) is 0 Å². The van der Waals surface area contributed by atoms with E-state index < -0.39 is 12.7 Å². The highest BCUT2D eigenvalue weighted by Gasteiger charge is 2.27. The maximum atomic E-state index is 11.9. The van der Waals surface area contributed by atoms with E-state index in [1.165, 1.54) is 6.20 Å². The molecule has 0 bridgehead atoms. The molecule has 0 unspecified atom stereocenters. The molecule has 2 N–H and O–H groups in total. The zero-order chi connectivity index (χ0) is 11.5. The summed E-state index contributed by atoms with van der Waals surface area (Å²) in [6.45, 7) is -1.13. The van der Waals surface area contributed by atoms with Gasteiger partial charge in [-0.1, -0.05) is 0 Å². The topological polar surface area (TPSA) is 49.8 Å². The molecule has 0 fully saturated rings. The maximum Gasteiger partial charge on any atom is 0.405 e. The van der Waals surface area contributed by atoms with Crippen molar-refractivity contribution in [2.75, 3.05) is 24.2 Å². The van der Waals surface area contributed by atoms with Crippen LogP contribution >= 0.6 is 15.9 Å². The molecule has 0 saturated carbocycles. The van der Waals surface area contributed by atoms with E-state index in [0.29, 0.717) is 4.47 Å². The number of aromatic nitrogens is 2. The highest BCUT2D eigenvalue weighted by Crippen LogP contribution is 2.22. The van der Waals surface area contributed by atoms with Crippen LogP contribution in [0, 0.1) is 0 Å². The van der Waals surface area contributed by atoms with Gasteiger partial charge in [0, 0.05) is 13.2 Å². The zero-order valence-electron chi connectivity index (χ0n) is 7.69. The lowest BCUT2D eigenvalue weighted by Crippen LogP contribution is -2.22. The Balaban J connectivity index is 2.75. The first kappa shape index (κ1) is 12.0. The minimum absolute atomic E-state index is 0.103. The highest BCUT2D eigenvalue weighted by atomic mass is 79.9. The third-order valence-corrected chi connectivity index (χ3v) is 2.00. The molecule has 0 aromatic carbocycles. The minimum Gasteiger partial charge on any atom is -0.360 e. The van der Waals surface area contributed by atoms with Gasteiger partial charge >= 0.3 is 6.18 Å². The predicted octanol–water partition coefficient (Wildman–Crippen LogP) is 2.25. The first-order chi connectivity index (χ1) is 6.92. The Hall–Kier alpha value is -1.05. The van der Waals surface area contributed by atoms with E-state index in [0.717, 1.165) is 0 Å². The Morgan fingerprint density at radius 3 is 2.67 bits per heavy atom. The number of nitrogens with one attached hydrogen (secondary N) is 2. The van der Waals surface area contributed by atoms with Crippen LogP contribution in [0.3, 0.4) is 0 Å². The van der Waals surface area contributed by atoms with Gasteiger partial charge in [0.2, 0.25) is 5.95 Å². The summed E-state index contributed by atoms with van der Waals surface area (Å²) in [5.41, 5.74) is 0. The molecule has 0 atom stereocenters. The van der Waals surface area contributed by atoms with Gasteiger partial charge in [0.25, 0.3) is 0 Å². The van der Waals surface area contributed by atoms with E-state index >= 15 is 0 Å². The second kappa shape index (κ2) is 4.65. The van der Waals surface area contributed by atoms with Gasteiger partial charge in [-0.25, -0.2) is 4.98 Å². The van der Waals surface area contributed by atoms with Crippen LogP contribution in [0.2, 0.25) is 0 Å². The van der Waals surface area contributed by atoms with Crippen molar-refractivity contribution in [1.29, 1.82) is 0 Å². The normalized spacial score (nSPS) is 11.3. The maximum absolute atomic E-state index is 11.9. The first-order valence-corrected chi connectivity index (χ1v) is 4.72.